The van der Waals surface area contributed by atoms with E-state index in [-0.39, 0.29) is 24.5 Å². The number of aliphatic hydroxyl groups is 1. The predicted octanol–water partition coefficient (Wildman–Crippen LogP) is 0.642. The van der Waals surface area contributed by atoms with E-state index in [1.54, 1.807) is 0 Å². The summed E-state index contributed by atoms with van der Waals surface area (Å²) in [7, 11) is 1.44. The first-order valence-corrected chi connectivity index (χ1v) is 5.61. The number of likely N-dealkylation sites (tertiary alicyclic amines) is 1. The van der Waals surface area contributed by atoms with Crippen LogP contribution in [0.15, 0.2) is 0 Å². The smallest absolute Gasteiger partial charge is 0.323 e. The normalized spacial score (nSPS) is 24.9. The number of ether oxygens (including phenoxy) is 1. The second-order valence-electron chi connectivity index (χ2n) is 4.32. The van der Waals surface area contributed by atoms with E-state index in [1.165, 1.54) is 7.11 Å². The number of rotatable bonds is 4. The molecule has 2 atom stereocenters. The molecule has 4 heteroatoms. The van der Waals surface area contributed by atoms with E-state index >= 15 is 0 Å². The number of methoxy groups -OCH3 is 1. The molecule has 0 aromatic rings. The highest BCUT2D eigenvalue weighted by molar-refractivity contribution is 5.75. The van der Waals surface area contributed by atoms with Gasteiger partial charge in [0.2, 0.25) is 0 Å². The standard InChI is InChI=1S/C11H21NO3/c1-9(8-13)7-12-6-4-3-5-10(12)11(14)15-2/h9-10,13H,3-8H2,1-2H3/t9?,10-/m1/s1. The highest BCUT2D eigenvalue weighted by atomic mass is 16.5. The molecule has 1 N–H and O–H groups in total. The van der Waals surface area contributed by atoms with Crippen LogP contribution in [0.2, 0.25) is 0 Å². The Morgan fingerprint density at radius 1 is 1.60 bits per heavy atom. The summed E-state index contributed by atoms with van der Waals surface area (Å²) in [6.45, 7) is 3.87. The second kappa shape index (κ2) is 6.08. The van der Waals surface area contributed by atoms with Crippen LogP contribution in [-0.4, -0.2) is 48.8 Å². The van der Waals surface area contributed by atoms with Crippen molar-refractivity contribution in [3.05, 3.63) is 0 Å². The maximum Gasteiger partial charge on any atom is 0.323 e. The molecule has 1 unspecified atom stereocenters. The molecule has 0 aliphatic carbocycles. The Bertz CT molecular complexity index is 208. The summed E-state index contributed by atoms with van der Waals surface area (Å²) >= 11 is 0. The molecular weight excluding hydrogens is 194 g/mol. The molecule has 1 fully saturated rings. The summed E-state index contributed by atoms with van der Waals surface area (Å²) in [6, 6.07) is -0.0993. The van der Waals surface area contributed by atoms with E-state index < -0.39 is 0 Å². The van der Waals surface area contributed by atoms with Gasteiger partial charge in [0, 0.05) is 13.2 Å². The third kappa shape index (κ3) is 3.47. The van der Waals surface area contributed by atoms with Gasteiger partial charge in [-0.15, -0.1) is 0 Å². The van der Waals surface area contributed by atoms with E-state index in [2.05, 4.69) is 4.90 Å². The van der Waals surface area contributed by atoms with Crippen LogP contribution < -0.4 is 0 Å². The van der Waals surface area contributed by atoms with Crippen molar-refractivity contribution in [3.63, 3.8) is 0 Å². The van der Waals surface area contributed by atoms with Crippen LogP contribution in [0.25, 0.3) is 0 Å². The third-order valence-corrected chi connectivity index (χ3v) is 2.94. The number of piperidine rings is 1. The van der Waals surface area contributed by atoms with Gasteiger partial charge in [0.15, 0.2) is 0 Å². The zero-order chi connectivity index (χ0) is 11.3. The van der Waals surface area contributed by atoms with Gasteiger partial charge >= 0.3 is 5.97 Å². The molecule has 1 heterocycles. The van der Waals surface area contributed by atoms with E-state index in [0.29, 0.717) is 0 Å². The summed E-state index contributed by atoms with van der Waals surface area (Å²) < 4.78 is 4.79. The molecule has 0 bridgehead atoms. The Labute approximate surface area is 91.2 Å². The fourth-order valence-corrected chi connectivity index (χ4v) is 2.07. The first-order valence-electron chi connectivity index (χ1n) is 5.61. The van der Waals surface area contributed by atoms with Crippen LogP contribution in [0.5, 0.6) is 0 Å². The summed E-state index contributed by atoms with van der Waals surface area (Å²) in [6.07, 6.45) is 3.10. The molecule has 1 saturated heterocycles. The zero-order valence-electron chi connectivity index (χ0n) is 9.61. The average molecular weight is 215 g/mol. The Morgan fingerprint density at radius 3 is 2.93 bits per heavy atom. The first-order chi connectivity index (χ1) is 7.19. The van der Waals surface area contributed by atoms with E-state index in [4.69, 9.17) is 9.84 Å². The van der Waals surface area contributed by atoms with Crippen molar-refractivity contribution < 1.29 is 14.6 Å². The lowest BCUT2D eigenvalue weighted by atomic mass is 10.0. The number of hydrogen-bond acceptors (Lipinski definition) is 4. The SMILES string of the molecule is COC(=O)[C@H]1CCCCN1CC(C)CO. The maximum atomic E-state index is 11.5. The van der Waals surface area contributed by atoms with Gasteiger partial charge in [-0.1, -0.05) is 13.3 Å². The number of esters is 1. The molecule has 1 aliphatic rings. The van der Waals surface area contributed by atoms with Crippen LogP contribution in [0, 0.1) is 5.92 Å². The fourth-order valence-electron chi connectivity index (χ4n) is 2.07. The lowest BCUT2D eigenvalue weighted by Gasteiger charge is -2.35. The maximum absolute atomic E-state index is 11.5. The minimum atomic E-state index is -0.139. The quantitative estimate of drug-likeness (QED) is 0.699. The van der Waals surface area contributed by atoms with Gasteiger partial charge in [0.1, 0.15) is 6.04 Å². The van der Waals surface area contributed by atoms with Crippen molar-refractivity contribution in [3.8, 4) is 0 Å². The van der Waals surface area contributed by atoms with Crippen molar-refractivity contribution in [2.24, 2.45) is 5.92 Å². The van der Waals surface area contributed by atoms with Gasteiger partial charge in [-0.25, -0.2) is 0 Å². The lowest BCUT2D eigenvalue weighted by molar-refractivity contribution is -0.148. The third-order valence-electron chi connectivity index (χ3n) is 2.94. The van der Waals surface area contributed by atoms with Crippen molar-refractivity contribution in [2.45, 2.75) is 32.2 Å². The summed E-state index contributed by atoms with van der Waals surface area (Å²) in [5, 5.41) is 9.00. The number of nitrogens with zero attached hydrogens (tertiary/aromatic N) is 1. The van der Waals surface area contributed by atoms with Gasteiger partial charge < -0.3 is 9.84 Å². The molecule has 0 saturated carbocycles. The van der Waals surface area contributed by atoms with Gasteiger partial charge in [-0.2, -0.15) is 0 Å². The molecule has 0 aromatic carbocycles. The van der Waals surface area contributed by atoms with Gasteiger partial charge in [0.25, 0.3) is 0 Å². The Balaban J connectivity index is 2.53. The van der Waals surface area contributed by atoms with Crippen molar-refractivity contribution in [1.82, 2.24) is 4.90 Å². The Kier molecular flexibility index (Phi) is 5.05. The predicted molar refractivity (Wildman–Crippen MR) is 57.5 cm³/mol. The molecule has 1 aliphatic heterocycles. The van der Waals surface area contributed by atoms with Gasteiger partial charge in [-0.05, 0) is 25.3 Å². The largest absolute Gasteiger partial charge is 0.468 e. The summed E-state index contributed by atoms with van der Waals surface area (Å²) in [5.41, 5.74) is 0. The molecule has 4 nitrogen and oxygen atoms in total. The fraction of sp³-hybridized carbons (Fsp3) is 0.909. The molecule has 0 amide bonds. The van der Waals surface area contributed by atoms with E-state index in [9.17, 15) is 4.79 Å². The Hall–Kier alpha value is -0.610. The molecule has 0 spiro atoms. The highest BCUT2D eigenvalue weighted by Gasteiger charge is 2.29. The number of carbonyl (C=O) groups excluding carboxylic acids is 1. The topological polar surface area (TPSA) is 49.8 Å². The van der Waals surface area contributed by atoms with Crippen LogP contribution >= 0.6 is 0 Å². The number of aliphatic hydroxyl groups excluding tert-OH is 1. The minimum absolute atomic E-state index is 0.0993. The van der Waals surface area contributed by atoms with Gasteiger partial charge in [-0.3, -0.25) is 9.69 Å². The summed E-state index contributed by atoms with van der Waals surface area (Å²) in [5.74, 6) is 0.0788. The van der Waals surface area contributed by atoms with Gasteiger partial charge in [0.05, 0.1) is 7.11 Å². The molecular formula is C11H21NO3. The molecule has 88 valence electrons. The Morgan fingerprint density at radius 2 is 2.33 bits per heavy atom. The monoisotopic (exact) mass is 215 g/mol. The zero-order valence-corrected chi connectivity index (χ0v) is 9.61. The molecule has 15 heavy (non-hydrogen) atoms. The van der Waals surface area contributed by atoms with Crippen molar-refractivity contribution in [2.75, 3.05) is 26.8 Å². The second-order valence-corrected chi connectivity index (χ2v) is 4.32. The van der Waals surface area contributed by atoms with E-state index in [1.807, 2.05) is 6.92 Å². The first kappa shape index (κ1) is 12.5. The number of hydrogen-bond donors (Lipinski definition) is 1. The van der Waals surface area contributed by atoms with Crippen molar-refractivity contribution in [1.29, 1.82) is 0 Å². The van der Waals surface area contributed by atoms with Crippen molar-refractivity contribution >= 4 is 5.97 Å². The van der Waals surface area contributed by atoms with Crippen LogP contribution in [0.3, 0.4) is 0 Å². The molecule has 0 radical (unpaired) electrons. The lowest BCUT2D eigenvalue weighted by Crippen LogP contribution is -2.47. The van der Waals surface area contributed by atoms with Crippen LogP contribution in [-0.2, 0) is 9.53 Å². The van der Waals surface area contributed by atoms with E-state index in [0.717, 1.165) is 32.4 Å². The van der Waals surface area contributed by atoms with Crippen LogP contribution in [0.4, 0.5) is 0 Å². The minimum Gasteiger partial charge on any atom is -0.468 e. The molecule has 1 rings (SSSR count). The average Bonchev–Trinajstić information content (AvgIpc) is 2.28. The van der Waals surface area contributed by atoms with Crippen LogP contribution in [0.1, 0.15) is 26.2 Å². The summed E-state index contributed by atoms with van der Waals surface area (Å²) in [4.78, 5) is 13.7. The highest BCUT2D eigenvalue weighted by Crippen LogP contribution is 2.19. The number of carbonyl (C=O) groups is 1. The molecule has 0 aromatic heterocycles.